The zero-order chi connectivity index (χ0) is 57.2. The number of para-hydroxylation sites is 4. The molecule has 0 spiro atoms. The summed E-state index contributed by atoms with van der Waals surface area (Å²) in [6.45, 7) is 0. The number of imidazole rings is 1. The Kier molecular flexibility index (Phi) is 8.54. The van der Waals surface area contributed by atoms with E-state index in [1.54, 1.807) is 27.3 Å². The molecule has 8 aliphatic rings. The summed E-state index contributed by atoms with van der Waals surface area (Å²) in [7, 11) is 0. The number of anilines is 1. The second kappa shape index (κ2) is 17.7. The van der Waals surface area contributed by atoms with Crippen molar-refractivity contribution in [2.75, 3.05) is 4.90 Å². The number of pyridine rings is 1. The minimum absolute atomic E-state index is 0. The van der Waals surface area contributed by atoms with Gasteiger partial charge < -0.3 is 18.8 Å². The third-order valence-corrected chi connectivity index (χ3v) is 18.3. The Morgan fingerprint density at radius 2 is 1.13 bits per heavy atom. The van der Waals surface area contributed by atoms with E-state index in [0.717, 1.165) is 63.1 Å². The van der Waals surface area contributed by atoms with E-state index in [0.29, 0.717) is 28.2 Å². The van der Waals surface area contributed by atoms with Crippen LogP contribution in [-0.4, -0.2) is 25.2 Å². The molecule has 8 bridgehead atoms. The van der Waals surface area contributed by atoms with Gasteiger partial charge in [-0.15, -0.1) is 29.7 Å². The van der Waals surface area contributed by atoms with Gasteiger partial charge in [0.2, 0.25) is 0 Å². The minimum atomic E-state index is -0.562. The van der Waals surface area contributed by atoms with Gasteiger partial charge in [0.25, 0.3) is 6.33 Å². The number of ether oxygens (including phenoxy) is 1. The largest absolute Gasteiger partial charge is 0.510 e. The molecule has 8 fully saturated rings. The Morgan fingerprint density at radius 1 is 0.573 bits per heavy atom. The second-order valence-corrected chi connectivity index (χ2v) is 22.9. The van der Waals surface area contributed by atoms with Crippen molar-refractivity contribution in [1.29, 1.82) is 0 Å². The number of hydrogen-bond acceptors (Lipinski definition) is 3. The van der Waals surface area contributed by atoms with E-state index in [4.69, 9.17) is 23.4 Å². The number of benzene rings is 7. The van der Waals surface area contributed by atoms with Crippen LogP contribution in [0.3, 0.4) is 0 Å². The molecule has 8 aliphatic carbocycles. The van der Waals surface area contributed by atoms with E-state index >= 15 is 0 Å². The van der Waals surface area contributed by atoms with Crippen molar-refractivity contribution in [3.05, 3.63) is 194 Å². The number of fused-ring (bicyclic) bond motifs is 4. The van der Waals surface area contributed by atoms with Crippen LogP contribution in [0.2, 0.25) is 0 Å². The Bertz CT molecular complexity index is 4180. The van der Waals surface area contributed by atoms with Crippen LogP contribution >= 0.6 is 0 Å². The standard InChI is InChI=1S/C68H59N5O.Pt/c1-3-13-51(14-4-1)57-20-12-21-58(52-15-5-2-6-16-52)66(57)71-44-70(62-23-9-10-24-63(62)71)53-17-11-18-55(35-53)74-56-25-26-60-59-19-7-8-22-61(59)72(64(60)37-56)65-36-54(27-28-69-65)73(67-38-45-29-46(39-67)31-47(30-45)40-67)68-41-48-32-49(42-68)34-50(33-48)43-68;/h1-28,36,45-50H,29-34,38-43H2;/q-2;/i1D,2D,3D,4D,5D,6D,13D,14D,15D,16D;. The summed E-state index contributed by atoms with van der Waals surface area (Å²) < 4.78 is 100. The first kappa shape index (κ1) is 36.3. The van der Waals surface area contributed by atoms with E-state index in [1.165, 1.54) is 82.7 Å². The Balaban J connectivity index is 0.00000613. The van der Waals surface area contributed by atoms with E-state index in [9.17, 15) is 0 Å². The van der Waals surface area contributed by atoms with Crippen LogP contribution in [0.1, 0.15) is 90.8 Å². The van der Waals surface area contributed by atoms with Crippen LogP contribution in [0.4, 0.5) is 5.69 Å². The van der Waals surface area contributed by atoms with Crippen LogP contribution in [0.15, 0.2) is 176 Å². The predicted octanol–water partition coefficient (Wildman–Crippen LogP) is 15.7. The normalized spacial score (nSPS) is 27.9. The first-order valence-electron chi connectivity index (χ1n) is 31.8. The van der Waals surface area contributed by atoms with Gasteiger partial charge in [-0.25, -0.2) is 4.98 Å². The SMILES string of the molecule is [2H]c1c([2H])c([2H])c(-c2cccc(-c3c([2H])c([2H])c([2H])c([2H])c3[2H])c2-[n+]2[c-]n(-c3[c-]c(Oc4[c-]c5c(cc4)c4ccccc4n5-c4cc(N(C56CC7CC(CC(C7)C5)C6)C56CC7CC(CC(C7)C5)C6)ccn4)ccc3)c3ccccc32)c([2H])c1[2H].[Pt]. The van der Waals surface area contributed by atoms with Gasteiger partial charge >= 0.3 is 0 Å². The molecule has 7 heteroatoms. The molecule has 0 atom stereocenters. The smallest absolute Gasteiger partial charge is 0.268 e. The van der Waals surface area contributed by atoms with E-state index in [1.807, 2.05) is 48.5 Å². The van der Waals surface area contributed by atoms with Crippen molar-refractivity contribution in [3.63, 3.8) is 0 Å². The molecule has 8 saturated carbocycles. The number of aromatic nitrogens is 4. The summed E-state index contributed by atoms with van der Waals surface area (Å²) in [4.78, 5) is 8.32. The third-order valence-electron chi connectivity index (χ3n) is 18.3. The fraction of sp³-hybridized carbons (Fsp3) is 0.294. The van der Waals surface area contributed by atoms with Crippen LogP contribution in [-0.2, 0) is 21.1 Å². The molecular weight excluding hydrogens is 1100 g/mol. The number of nitrogens with zero attached hydrogens (tertiary/aromatic N) is 5. The van der Waals surface area contributed by atoms with Crippen molar-refractivity contribution in [3.8, 4) is 50.9 Å². The van der Waals surface area contributed by atoms with Gasteiger partial charge in [0, 0.05) is 67.1 Å². The summed E-state index contributed by atoms with van der Waals surface area (Å²) in [5.74, 6) is 6.69. The average molecular weight is 1170 g/mol. The molecule has 0 N–H and O–H groups in total. The van der Waals surface area contributed by atoms with Crippen molar-refractivity contribution in [2.45, 2.75) is 88.1 Å². The van der Waals surface area contributed by atoms with Crippen LogP contribution < -0.4 is 14.2 Å². The summed E-state index contributed by atoms with van der Waals surface area (Å²) in [6, 6.07) is 37.1. The van der Waals surface area contributed by atoms with E-state index in [2.05, 4.69) is 76.6 Å². The van der Waals surface area contributed by atoms with Gasteiger partial charge in [0.1, 0.15) is 5.82 Å². The summed E-state index contributed by atoms with van der Waals surface area (Å²) in [6.07, 6.45) is 21.8. The molecule has 0 amide bonds. The monoisotopic (exact) mass is 1170 g/mol. The quantitative estimate of drug-likeness (QED) is 0.101. The molecule has 3 aromatic heterocycles. The Hall–Kier alpha value is -6.75. The number of rotatable bonds is 10. The van der Waals surface area contributed by atoms with Gasteiger partial charge in [-0.1, -0.05) is 127 Å². The summed E-state index contributed by atoms with van der Waals surface area (Å²) in [5, 5.41) is 2.13. The van der Waals surface area contributed by atoms with Crippen molar-refractivity contribution in [1.82, 2.24) is 14.1 Å². The molecule has 0 aliphatic heterocycles. The summed E-state index contributed by atoms with van der Waals surface area (Å²) in [5.41, 5.74) is 5.53. The van der Waals surface area contributed by atoms with Crippen molar-refractivity contribution >= 4 is 38.5 Å². The predicted molar refractivity (Wildman–Crippen MR) is 295 cm³/mol. The molecule has 6 nitrogen and oxygen atoms in total. The topological polar surface area (TPSA) is 39.1 Å². The molecule has 0 radical (unpaired) electrons. The van der Waals surface area contributed by atoms with Crippen LogP contribution in [0, 0.1) is 54.0 Å². The first-order valence-corrected chi connectivity index (χ1v) is 26.8. The maximum Gasteiger partial charge on any atom is 0.268 e. The second-order valence-electron chi connectivity index (χ2n) is 22.9. The van der Waals surface area contributed by atoms with E-state index in [-0.39, 0.29) is 60.1 Å². The van der Waals surface area contributed by atoms with Gasteiger partial charge in [-0.05, 0) is 158 Å². The molecule has 75 heavy (non-hydrogen) atoms. The van der Waals surface area contributed by atoms with Gasteiger partial charge in [-0.3, -0.25) is 4.57 Å². The minimum Gasteiger partial charge on any atom is -0.510 e. The number of hydrogen-bond donors (Lipinski definition) is 0. The average Bonchev–Trinajstić information content (AvgIpc) is 1.59. The zero-order valence-electron chi connectivity index (χ0n) is 51.4. The molecule has 374 valence electrons. The first-order chi connectivity index (χ1) is 40.6. The van der Waals surface area contributed by atoms with Gasteiger partial charge in [0.05, 0.1) is 30.4 Å². The zero-order valence-corrected chi connectivity index (χ0v) is 43.7. The molecule has 3 heterocycles. The fourth-order valence-corrected chi connectivity index (χ4v) is 16.7. The molecule has 10 aromatic rings. The summed E-state index contributed by atoms with van der Waals surface area (Å²) >= 11 is 0. The van der Waals surface area contributed by atoms with Crippen LogP contribution in [0.5, 0.6) is 11.5 Å². The molecule has 7 aromatic carbocycles. The van der Waals surface area contributed by atoms with Crippen molar-refractivity contribution in [2.24, 2.45) is 35.5 Å². The maximum atomic E-state index is 9.10. The third kappa shape index (κ3) is 7.43. The fourth-order valence-electron chi connectivity index (χ4n) is 16.7. The van der Waals surface area contributed by atoms with Crippen LogP contribution in [0.25, 0.3) is 72.3 Å². The van der Waals surface area contributed by atoms with Crippen molar-refractivity contribution < 1.29 is 44.1 Å². The van der Waals surface area contributed by atoms with Gasteiger partial charge in [-0.2, -0.15) is 18.2 Å². The molecule has 0 unspecified atom stereocenters. The molecular formula is C68H59N5OPt-2. The maximum absolute atomic E-state index is 9.10. The molecule has 0 saturated heterocycles. The van der Waals surface area contributed by atoms with E-state index < -0.39 is 60.4 Å². The Labute approximate surface area is 468 Å². The molecule has 18 rings (SSSR count). The van der Waals surface area contributed by atoms with Gasteiger partial charge in [0.15, 0.2) is 0 Å². The Morgan fingerprint density at radius 3 is 1.76 bits per heavy atom.